The van der Waals surface area contributed by atoms with E-state index in [0.29, 0.717) is 5.56 Å². The van der Waals surface area contributed by atoms with Gasteiger partial charge in [-0.15, -0.1) is 0 Å². The maximum atomic E-state index is 12.3. The summed E-state index contributed by atoms with van der Waals surface area (Å²) in [6, 6.07) is 5.51. The predicted octanol–water partition coefficient (Wildman–Crippen LogP) is 0.376. The van der Waals surface area contributed by atoms with E-state index < -0.39 is 42.5 Å². The summed E-state index contributed by atoms with van der Waals surface area (Å²) in [6.07, 6.45) is -1.32. The summed E-state index contributed by atoms with van der Waals surface area (Å²) in [5.74, 6) is -1.19. The van der Waals surface area contributed by atoms with Crippen LogP contribution < -0.4 is 0 Å². The molecule has 2 atom stereocenters. The maximum Gasteiger partial charge on any atom is 0.160 e. The Balaban J connectivity index is 2.30. The highest BCUT2D eigenvalue weighted by Crippen LogP contribution is 2.24. The third-order valence-electron chi connectivity index (χ3n) is 3.59. The summed E-state index contributed by atoms with van der Waals surface area (Å²) in [7, 11) is -7.17. The van der Waals surface area contributed by atoms with Gasteiger partial charge in [0.2, 0.25) is 0 Å². The van der Waals surface area contributed by atoms with Gasteiger partial charge in [0.1, 0.15) is 5.25 Å². The molecule has 1 aromatic rings. The average Bonchev–Trinajstić information content (AvgIpc) is 2.58. The first-order valence-electron chi connectivity index (χ1n) is 6.27. The Morgan fingerprint density at radius 3 is 2.45 bits per heavy atom. The van der Waals surface area contributed by atoms with E-state index >= 15 is 0 Å². The lowest BCUT2D eigenvalue weighted by Gasteiger charge is -2.15. The molecule has 0 unspecified atom stereocenters. The first kappa shape index (κ1) is 15.5. The van der Waals surface area contributed by atoms with E-state index in [1.807, 2.05) is 26.0 Å². The Bertz CT molecular complexity index is 719. The Hall–Kier alpha value is -0.920. The largest absolute Gasteiger partial charge is 0.391 e. The fraction of sp³-hybridized carbons (Fsp3) is 0.538. The van der Waals surface area contributed by atoms with Crippen molar-refractivity contribution in [1.82, 2.24) is 0 Å². The van der Waals surface area contributed by atoms with Crippen molar-refractivity contribution in [2.24, 2.45) is 0 Å². The Morgan fingerprint density at radius 1 is 1.25 bits per heavy atom. The second-order valence-electron chi connectivity index (χ2n) is 5.42. The molecule has 20 heavy (non-hydrogen) atoms. The van der Waals surface area contributed by atoms with Crippen molar-refractivity contribution in [3.63, 3.8) is 0 Å². The van der Waals surface area contributed by atoms with Crippen molar-refractivity contribution >= 4 is 19.7 Å². The smallest absolute Gasteiger partial charge is 0.160 e. The van der Waals surface area contributed by atoms with Gasteiger partial charge in [0.15, 0.2) is 19.7 Å². The van der Waals surface area contributed by atoms with Crippen LogP contribution in [0.15, 0.2) is 18.2 Å². The van der Waals surface area contributed by atoms with E-state index in [-0.39, 0.29) is 5.75 Å². The molecule has 0 aliphatic carbocycles. The standard InChI is InChI=1S/C13H18O5S2/c1-9-3-4-10(2)11(5-9)6-20(17,18)13-8-19(15,16)7-12(13)14/h3-5,12-14H,6-8H2,1-2H3/t12-,13+/m1/s1. The highest BCUT2D eigenvalue weighted by Gasteiger charge is 2.44. The van der Waals surface area contributed by atoms with Crippen molar-refractivity contribution in [2.75, 3.05) is 11.5 Å². The fourth-order valence-electron chi connectivity index (χ4n) is 2.42. The van der Waals surface area contributed by atoms with Gasteiger partial charge in [0, 0.05) is 0 Å². The van der Waals surface area contributed by atoms with Crippen molar-refractivity contribution < 1.29 is 21.9 Å². The Kier molecular flexibility index (Phi) is 3.96. The minimum atomic E-state index is -3.70. The van der Waals surface area contributed by atoms with Crippen LogP contribution in [-0.4, -0.2) is 44.8 Å². The van der Waals surface area contributed by atoms with Crippen LogP contribution in [0.25, 0.3) is 0 Å². The summed E-state index contributed by atoms with van der Waals surface area (Å²) in [6.45, 7) is 3.68. The third kappa shape index (κ3) is 3.21. The van der Waals surface area contributed by atoms with Crippen LogP contribution in [-0.2, 0) is 25.4 Å². The number of benzene rings is 1. The molecule has 2 rings (SSSR count). The lowest BCUT2D eigenvalue weighted by atomic mass is 10.1. The normalized spacial score (nSPS) is 25.8. The van der Waals surface area contributed by atoms with Crippen LogP contribution in [0.4, 0.5) is 0 Å². The molecular weight excluding hydrogens is 300 g/mol. The SMILES string of the molecule is Cc1ccc(C)c(CS(=O)(=O)[C@H]2CS(=O)(=O)C[C@H]2O)c1. The molecule has 112 valence electrons. The van der Waals surface area contributed by atoms with Gasteiger partial charge >= 0.3 is 0 Å². The molecule has 1 saturated heterocycles. The van der Waals surface area contributed by atoms with Crippen LogP contribution in [0.5, 0.6) is 0 Å². The molecule has 1 aliphatic rings. The number of hydrogen-bond acceptors (Lipinski definition) is 5. The lowest BCUT2D eigenvalue weighted by Crippen LogP contribution is -2.33. The monoisotopic (exact) mass is 318 g/mol. The predicted molar refractivity (Wildman–Crippen MR) is 77.0 cm³/mol. The molecule has 5 nitrogen and oxygen atoms in total. The van der Waals surface area contributed by atoms with Gasteiger partial charge in [-0.1, -0.05) is 23.8 Å². The summed E-state index contributed by atoms with van der Waals surface area (Å²) in [5.41, 5.74) is 2.44. The van der Waals surface area contributed by atoms with E-state index in [9.17, 15) is 21.9 Å². The minimum Gasteiger partial charge on any atom is -0.391 e. The van der Waals surface area contributed by atoms with Gasteiger partial charge in [-0.05, 0) is 25.0 Å². The van der Waals surface area contributed by atoms with Gasteiger partial charge in [-0.25, -0.2) is 16.8 Å². The Morgan fingerprint density at radius 2 is 1.90 bits per heavy atom. The second-order valence-corrected chi connectivity index (χ2v) is 9.79. The summed E-state index contributed by atoms with van der Waals surface area (Å²) < 4.78 is 47.6. The quantitative estimate of drug-likeness (QED) is 0.870. The molecule has 0 spiro atoms. The zero-order chi connectivity index (χ0) is 15.1. The molecule has 1 aromatic carbocycles. The molecule has 1 heterocycles. The zero-order valence-corrected chi connectivity index (χ0v) is 13.0. The van der Waals surface area contributed by atoms with Gasteiger partial charge < -0.3 is 5.11 Å². The number of hydrogen-bond donors (Lipinski definition) is 1. The van der Waals surface area contributed by atoms with Gasteiger partial charge in [-0.3, -0.25) is 0 Å². The molecule has 0 saturated carbocycles. The topological polar surface area (TPSA) is 88.5 Å². The van der Waals surface area contributed by atoms with E-state index in [1.54, 1.807) is 6.07 Å². The van der Waals surface area contributed by atoms with Crippen LogP contribution in [0.3, 0.4) is 0 Å². The van der Waals surface area contributed by atoms with Crippen molar-refractivity contribution in [3.8, 4) is 0 Å². The number of aliphatic hydroxyl groups excluding tert-OH is 1. The van der Waals surface area contributed by atoms with Crippen LogP contribution in [0.2, 0.25) is 0 Å². The van der Waals surface area contributed by atoms with Crippen molar-refractivity contribution in [3.05, 3.63) is 34.9 Å². The van der Waals surface area contributed by atoms with Gasteiger partial charge in [0.05, 0.1) is 23.4 Å². The number of aliphatic hydroxyl groups is 1. The molecule has 0 aromatic heterocycles. The molecule has 1 aliphatic heterocycles. The molecule has 0 amide bonds. The summed E-state index contributed by atoms with van der Waals surface area (Å²) in [5, 5.41) is 8.49. The zero-order valence-electron chi connectivity index (χ0n) is 11.4. The maximum absolute atomic E-state index is 12.3. The molecule has 1 N–H and O–H groups in total. The van der Waals surface area contributed by atoms with Crippen molar-refractivity contribution in [1.29, 1.82) is 0 Å². The first-order chi connectivity index (χ1) is 9.11. The number of sulfone groups is 2. The van der Waals surface area contributed by atoms with Crippen LogP contribution >= 0.6 is 0 Å². The number of aryl methyl sites for hydroxylation is 2. The highest BCUT2D eigenvalue weighted by molar-refractivity contribution is 7.96. The third-order valence-corrected chi connectivity index (χ3v) is 7.64. The molecule has 7 heteroatoms. The summed E-state index contributed by atoms with van der Waals surface area (Å²) in [4.78, 5) is 0. The van der Waals surface area contributed by atoms with E-state index in [0.717, 1.165) is 11.1 Å². The van der Waals surface area contributed by atoms with E-state index in [1.165, 1.54) is 0 Å². The first-order valence-corrected chi connectivity index (χ1v) is 9.80. The fourth-order valence-corrected chi connectivity index (χ4v) is 7.14. The molecule has 1 fully saturated rings. The van der Waals surface area contributed by atoms with E-state index in [2.05, 4.69) is 0 Å². The van der Waals surface area contributed by atoms with Gasteiger partial charge in [0.25, 0.3) is 0 Å². The van der Waals surface area contributed by atoms with Crippen LogP contribution in [0.1, 0.15) is 16.7 Å². The molecule has 0 bridgehead atoms. The average molecular weight is 318 g/mol. The summed E-state index contributed by atoms with van der Waals surface area (Å²) >= 11 is 0. The minimum absolute atomic E-state index is 0.238. The lowest BCUT2D eigenvalue weighted by molar-refractivity contribution is 0.204. The van der Waals surface area contributed by atoms with Crippen molar-refractivity contribution in [2.45, 2.75) is 31.0 Å². The molecule has 0 radical (unpaired) electrons. The highest BCUT2D eigenvalue weighted by atomic mass is 32.2. The second kappa shape index (κ2) is 5.13. The van der Waals surface area contributed by atoms with Crippen LogP contribution in [0, 0.1) is 13.8 Å². The Labute approximate surface area is 119 Å². The number of rotatable bonds is 3. The molecular formula is C13H18O5S2. The van der Waals surface area contributed by atoms with E-state index in [4.69, 9.17) is 0 Å². The van der Waals surface area contributed by atoms with Gasteiger partial charge in [-0.2, -0.15) is 0 Å².